The molecule has 0 aliphatic carbocycles. The first-order valence-corrected chi connectivity index (χ1v) is 7.93. The third-order valence-corrected chi connectivity index (χ3v) is 4.61. The highest BCUT2D eigenvalue weighted by atomic mass is 127. The van der Waals surface area contributed by atoms with Crippen molar-refractivity contribution in [3.63, 3.8) is 0 Å². The molecule has 2 aromatic rings. The predicted molar refractivity (Wildman–Crippen MR) is 93.1 cm³/mol. The normalized spacial score (nSPS) is 12.5. The summed E-state index contributed by atoms with van der Waals surface area (Å²) in [4.78, 5) is 4.26. The SMILES string of the molecule is Cc1cccc(C(NN)c2cncc(OC(C)C)c2)c1I. The van der Waals surface area contributed by atoms with Crippen LogP contribution in [0.1, 0.15) is 36.6 Å². The molecule has 0 saturated carbocycles. The second kappa shape index (κ2) is 7.20. The number of rotatable bonds is 5. The van der Waals surface area contributed by atoms with Crippen molar-refractivity contribution in [2.45, 2.75) is 32.9 Å². The van der Waals surface area contributed by atoms with Gasteiger partial charge in [0.05, 0.1) is 18.3 Å². The van der Waals surface area contributed by atoms with Crippen molar-refractivity contribution in [3.8, 4) is 5.75 Å². The Labute approximate surface area is 139 Å². The number of halogens is 1. The van der Waals surface area contributed by atoms with E-state index in [2.05, 4.69) is 52.1 Å². The molecule has 4 nitrogen and oxygen atoms in total. The first-order chi connectivity index (χ1) is 10.0. The fourth-order valence-corrected chi connectivity index (χ4v) is 2.86. The lowest BCUT2D eigenvalue weighted by Gasteiger charge is -2.20. The molecule has 5 heteroatoms. The van der Waals surface area contributed by atoms with Crippen molar-refractivity contribution in [2.75, 3.05) is 0 Å². The van der Waals surface area contributed by atoms with E-state index in [0.29, 0.717) is 0 Å². The summed E-state index contributed by atoms with van der Waals surface area (Å²) in [7, 11) is 0. The van der Waals surface area contributed by atoms with Crippen LogP contribution in [-0.2, 0) is 0 Å². The molecule has 1 atom stereocenters. The molecule has 0 aliphatic rings. The average molecular weight is 397 g/mol. The maximum Gasteiger partial charge on any atom is 0.138 e. The molecule has 112 valence electrons. The Balaban J connectivity index is 2.39. The highest BCUT2D eigenvalue weighted by Crippen LogP contribution is 2.29. The predicted octanol–water partition coefficient (Wildman–Crippen LogP) is 3.33. The first kappa shape index (κ1) is 16.2. The summed E-state index contributed by atoms with van der Waals surface area (Å²) >= 11 is 2.35. The Morgan fingerprint density at radius 3 is 2.71 bits per heavy atom. The molecule has 0 fully saturated rings. The van der Waals surface area contributed by atoms with Crippen LogP contribution in [0.25, 0.3) is 0 Å². The third-order valence-electron chi connectivity index (χ3n) is 3.14. The van der Waals surface area contributed by atoms with Gasteiger partial charge in [0.1, 0.15) is 5.75 Å². The molecular formula is C16H20IN3O. The number of nitrogens with two attached hydrogens (primary N) is 1. The van der Waals surface area contributed by atoms with Gasteiger partial charge in [-0.15, -0.1) is 0 Å². The zero-order chi connectivity index (χ0) is 15.4. The molecule has 0 bridgehead atoms. The van der Waals surface area contributed by atoms with E-state index in [1.165, 1.54) is 9.13 Å². The molecule has 1 unspecified atom stereocenters. The highest BCUT2D eigenvalue weighted by Gasteiger charge is 2.17. The molecule has 0 saturated heterocycles. The number of hydrogen-bond acceptors (Lipinski definition) is 4. The molecule has 0 amide bonds. The molecule has 0 aliphatic heterocycles. The van der Waals surface area contributed by atoms with Gasteiger partial charge in [-0.3, -0.25) is 10.8 Å². The molecular weight excluding hydrogens is 377 g/mol. The lowest BCUT2D eigenvalue weighted by atomic mass is 9.99. The van der Waals surface area contributed by atoms with Gasteiger partial charge in [0.15, 0.2) is 0 Å². The van der Waals surface area contributed by atoms with Gasteiger partial charge in [-0.05, 0) is 66.1 Å². The van der Waals surface area contributed by atoms with Crippen LogP contribution >= 0.6 is 22.6 Å². The summed E-state index contributed by atoms with van der Waals surface area (Å²) in [5.74, 6) is 6.54. The van der Waals surface area contributed by atoms with E-state index in [1.54, 1.807) is 6.20 Å². The Morgan fingerprint density at radius 2 is 2.05 bits per heavy atom. The van der Waals surface area contributed by atoms with Gasteiger partial charge in [-0.2, -0.15) is 0 Å². The Kier molecular flexibility index (Phi) is 5.55. The number of benzene rings is 1. The van der Waals surface area contributed by atoms with E-state index >= 15 is 0 Å². The van der Waals surface area contributed by atoms with E-state index < -0.39 is 0 Å². The lowest BCUT2D eigenvalue weighted by molar-refractivity contribution is 0.241. The quantitative estimate of drug-likeness (QED) is 0.462. The zero-order valence-corrected chi connectivity index (χ0v) is 14.6. The summed E-state index contributed by atoms with van der Waals surface area (Å²) in [6, 6.07) is 8.08. The van der Waals surface area contributed by atoms with Crippen LogP contribution in [0, 0.1) is 10.5 Å². The van der Waals surface area contributed by atoms with E-state index in [4.69, 9.17) is 10.6 Å². The largest absolute Gasteiger partial charge is 0.489 e. The number of ether oxygens (including phenoxy) is 1. The van der Waals surface area contributed by atoms with E-state index in [9.17, 15) is 0 Å². The molecule has 1 aromatic carbocycles. The number of nitrogens with zero attached hydrogens (tertiary/aromatic N) is 1. The van der Waals surface area contributed by atoms with Crippen molar-refractivity contribution in [1.29, 1.82) is 0 Å². The van der Waals surface area contributed by atoms with Crippen molar-refractivity contribution in [2.24, 2.45) is 5.84 Å². The zero-order valence-electron chi connectivity index (χ0n) is 12.4. The summed E-state index contributed by atoms with van der Waals surface area (Å²) < 4.78 is 6.91. The van der Waals surface area contributed by atoms with Gasteiger partial charge >= 0.3 is 0 Å². The minimum atomic E-state index is -0.111. The summed E-state index contributed by atoms with van der Waals surface area (Å²) in [5, 5.41) is 0. The minimum Gasteiger partial charge on any atom is -0.489 e. The maximum atomic E-state index is 5.79. The topological polar surface area (TPSA) is 60.2 Å². The molecule has 0 spiro atoms. The summed E-state index contributed by atoms with van der Waals surface area (Å²) in [6.07, 6.45) is 3.65. The number of aryl methyl sites for hydroxylation is 1. The van der Waals surface area contributed by atoms with Crippen molar-refractivity contribution in [1.82, 2.24) is 10.4 Å². The van der Waals surface area contributed by atoms with Crippen molar-refractivity contribution >= 4 is 22.6 Å². The van der Waals surface area contributed by atoms with E-state index in [-0.39, 0.29) is 12.1 Å². The highest BCUT2D eigenvalue weighted by molar-refractivity contribution is 14.1. The van der Waals surface area contributed by atoms with Crippen LogP contribution in [0.3, 0.4) is 0 Å². The molecule has 3 N–H and O–H groups in total. The van der Waals surface area contributed by atoms with Gasteiger partial charge in [0.2, 0.25) is 0 Å². The van der Waals surface area contributed by atoms with Gasteiger partial charge < -0.3 is 4.74 Å². The Bertz CT molecular complexity index is 616. The lowest BCUT2D eigenvalue weighted by Crippen LogP contribution is -2.29. The van der Waals surface area contributed by atoms with Crippen LogP contribution in [0.5, 0.6) is 5.75 Å². The fourth-order valence-electron chi connectivity index (χ4n) is 2.19. The molecule has 1 aromatic heterocycles. The fraction of sp³-hybridized carbons (Fsp3) is 0.312. The second-order valence-corrected chi connectivity index (χ2v) is 6.28. The van der Waals surface area contributed by atoms with Crippen LogP contribution in [-0.4, -0.2) is 11.1 Å². The second-order valence-electron chi connectivity index (χ2n) is 5.20. The number of nitrogens with one attached hydrogen (secondary N) is 1. The summed E-state index contributed by atoms with van der Waals surface area (Å²) in [6.45, 7) is 6.08. The van der Waals surface area contributed by atoms with Gasteiger partial charge in [0, 0.05) is 9.77 Å². The Hall–Kier alpha value is -1.18. The molecule has 21 heavy (non-hydrogen) atoms. The molecule has 0 radical (unpaired) electrons. The third kappa shape index (κ3) is 3.93. The Morgan fingerprint density at radius 1 is 1.29 bits per heavy atom. The number of pyridine rings is 1. The smallest absolute Gasteiger partial charge is 0.138 e. The molecule has 1 heterocycles. The standard InChI is InChI=1S/C16H20IN3O/c1-10(2)21-13-7-12(8-19-9-13)16(20-18)14-6-4-5-11(3)15(14)17/h4-10,16,20H,18H2,1-3H3. The van der Waals surface area contributed by atoms with E-state index in [0.717, 1.165) is 16.9 Å². The van der Waals surface area contributed by atoms with Crippen LogP contribution in [0.15, 0.2) is 36.7 Å². The minimum absolute atomic E-state index is 0.111. The van der Waals surface area contributed by atoms with Gasteiger partial charge in [0.25, 0.3) is 0 Å². The van der Waals surface area contributed by atoms with Crippen LogP contribution in [0.2, 0.25) is 0 Å². The van der Waals surface area contributed by atoms with Crippen LogP contribution in [0.4, 0.5) is 0 Å². The van der Waals surface area contributed by atoms with Crippen LogP contribution < -0.4 is 16.0 Å². The molecule has 2 rings (SSSR count). The van der Waals surface area contributed by atoms with Gasteiger partial charge in [-0.25, -0.2) is 5.43 Å². The number of hydrazine groups is 1. The summed E-state index contributed by atoms with van der Waals surface area (Å²) in [5.41, 5.74) is 6.24. The van der Waals surface area contributed by atoms with Gasteiger partial charge in [-0.1, -0.05) is 18.2 Å². The van der Waals surface area contributed by atoms with Crippen molar-refractivity contribution < 1.29 is 4.74 Å². The number of hydrogen-bond donors (Lipinski definition) is 2. The van der Waals surface area contributed by atoms with E-state index in [1.807, 2.05) is 32.2 Å². The van der Waals surface area contributed by atoms with Crippen molar-refractivity contribution in [3.05, 3.63) is 56.9 Å². The number of aromatic nitrogens is 1. The average Bonchev–Trinajstić information content (AvgIpc) is 2.44. The first-order valence-electron chi connectivity index (χ1n) is 6.85. The maximum absolute atomic E-state index is 5.79. The monoisotopic (exact) mass is 397 g/mol.